The van der Waals surface area contributed by atoms with Crippen molar-refractivity contribution in [2.24, 2.45) is 0 Å². The average molecular weight is 345 g/mol. The maximum absolute atomic E-state index is 14.1. The Kier molecular flexibility index (Phi) is 5.51. The molecule has 2 aromatic rings. The summed E-state index contributed by atoms with van der Waals surface area (Å²) in [7, 11) is 2.97. The monoisotopic (exact) mass is 344 g/mol. The van der Waals surface area contributed by atoms with Crippen LogP contribution in [0.1, 0.15) is 22.3 Å². The van der Waals surface area contributed by atoms with Crippen LogP contribution in [0.2, 0.25) is 5.02 Å². The van der Waals surface area contributed by atoms with Crippen LogP contribution in [0.15, 0.2) is 30.3 Å². The van der Waals surface area contributed by atoms with Crippen LogP contribution in [0.4, 0.5) is 4.39 Å². The summed E-state index contributed by atoms with van der Waals surface area (Å²) in [5.74, 6) is 0.432. The van der Waals surface area contributed by atoms with E-state index in [-0.39, 0.29) is 11.4 Å². The molecule has 0 heterocycles. The second-order valence-corrected chi connectivity index (χ2v) is 5.45. The molecular weight excluding hydrogens is 330 g/mol. The number of methoxy groups -OCH3 is 2. The highest BCUT2D eigenvalue weighted by Gasteiger charge is 2.17. The summed E-state index contributed by atoms with van der Waals surface area (Å²) in [4.78, 5) is 0. The van der Waals surface area contributed by atoms with E-state index in [1.54, 1.807) is 24.3 Å². The van der Waals surface area contributed by atoms with Crippen molar-refractivity contribution in [1.82, 2.24) is 0 Å². The first-order valence-electron chi connectivity index (χ1n) is 6.47. The average Bonchev–Trinajstić information content (AvgIpc) is 2.51. The van der Waals surface area contributed by atoms with Gasteiger partial charge in [0.25, 0.3) is 0 Å². The van der Waals surface area contributed by atoms with Gasteiger partial charge in [-0.25, -0.2) is 4.39 Å². The molecule has 2 aromatic carbocycles. The zero-order valence-corrected chi connectivity index (χ0v) is 13.6. The van der Waals surface area contributed by atoms with Crippen LogP contribution in [0.5, 0.6) is 11.5 Å². The molecular formula is C16H15Cl2FO3. The minimum atomic E-state index is -1.23. The zero-order chi connectivity index (χ0) is 16.3. The van der Waals surface area contributed by atoms with Gasteiger partial charge in [0.05, 0.1) is 19.2 Å². The second kappa shape index (κ2) is 7.18. The van der Waals surface area contributed by atoms with Gasteiger partial charge in [0.1, 0.15) is 17.3 Å². The fourth-order valence-electron chi connectivity index (χ4n) is 2.21. The number of ether oxygens (including phenoxy) is 2. The van der Waals surface area contributed by atoms with Crippen LogP contribution in [0.3, 0.4) is 0 Å². The maximum atomic E-state index is 14.1. The number of aliphatic hydroxyl groups excluding tert-OH is 1. The van der Waals surface area contributed by atoms with Gasteiger partial charge >= 0.3 is 0 Å². The third kappa shape index (κ3) is 3.46. The van der Waals surface area contributed by atoms with Crippen LogP contribution in [0.25, 0.3) is 0 Å². The third-order valence-electron chi connectivity index (χ3n) is 3.30. The number of hydrogen-bond acceptors (Lipinski definition) is 3. The molecule has 0 fully saturated rings. The van der Waals surface area contributed by atoms with Gasteiger partial charge in [0.2, 0.25) is 0 Å². The first-order valence-corrected chi connectivity index (χ1v) is 7.29. The van der Waals surface area contributed by atoms with Crippen LogP contribution >= 0.6 is 23.2 Å². The quantitative estimate of drug-likeness (QED) is 0.821. The zero-order valence-electron chi connectivity index (χ0n) is 12.1. The lowest BCUT2D eigenvalue weighted by Crippen LogP contribution is -2.02. The Balaban J connectivity index is 2.49. The van der Waals surface area contributed by atoms with E-state index in [4.69, 9.17) is 32.7 Å². The molecule has 0 radical (unpaired) electrons. The SMILES string of the molecule is COc1cc(OC)c(C(O)Cl)cc1Cc1cccc(Cl)c1F. The third-order valence-corrected chi connectivity index (χ3v) is 3.83. The van der Waals surface area contributed by atoms with Gasteiger partial charge in [0, 0.05) is 18.1 Å². The highest BCUT2D eigenvalue weighted by Crippen LogP contribution is 2.36. The number of aliphatic hydroxyl groups is 1. The number of benzene rings is 2. The Morgan fingerprint density at radius 3 is 2.41 bits per heavy atom. The largest absolute Gasteiger partial charge is 0.496 e. The van der Waals surface area contributed by atoms with Gasteiger partial charge in [-0.1, -0.05) is 35.3 Å². The molecule has 0 saturated carbocycles. The first kappa shape index (κ1) is 16.9. The van der Waals surface area contributed by atoms with E-state index >= 15 is 0 Å². The second-order valence-electron chi connectivity index (χ2n) is 4.63. The Bertz CT molecular complexity index is 675. The summed E-state index contributed by atoms with van der Waals surface area (Å²) in [6, 6.07) is 8.05. The van der Waals surface area contributed by atoms with Crippen molar-refractivity contribution in [1.29, 1.82) is 0 Å². The van der Waals surface area contributed by atoms with Gasteiger partial charge in [0.15, 0.2) is 5.56 Å². The van der Waals surface area contributed by atoms with Crippen molar-refractivity contribution in [3.05, 3.63) is 57.9 Å². The summed E-state index contributed by atoms with van der Waals surface area (Å²) in [5, 5.41) is 9.70. The minimum Gasteiger partial charge on any atom is -0.496 e. The highest BCUT2D eigenvalue weighted by molar-refractivity contribution is 6.30. The fourth-order valence-corrected chi connectivity index (χ4v) is 2.57. The van der Waals surface area contributed by atoms with E-state index in [2.05, 4.69) is 0 Å². The predicted molar refractivity (Wildman–Crippen MR) is 84.6 cm³/mol. The van der Waals surface area contributed by atoms with Gasteiger partial charge in [-0.2, -0.15) is 0 Å². The summed E-state index contributed by atoms with van der Waals surface area (Å²) < 4.78 is 24.5. The molecule has 0 bridgehead atoms. The fraction of sp³-hybridized carbons (Fsp3) is 0.250. The van der Waals surface area contributed by atoms with E-state index < -0.39 is 11.4 Å². The molecule has 0 amide bonds. The molecule has 1 atom stereocenters. The van der Waals surface area contributed by atoms with Gasteiger partial charge in [-0.3, -0.25) is 0 Å². The number of halogens is 3. The molecule has 0 saturated heterocycles. The van der Waals surface area contributed by atoms with Crippen LogP contribution in [0, 0.1) is 5.82 Å². The lowest BCUT2D eigenvalue weighted by molar-refractivity contribution is 0.255. The normalized spacial score (nSPS) is 12.1. The summed E-state index contributed by atoms with van der Waals surface area (Å²) in [5.41, 5.74) is 0.247. The summed E-state index contributed by atoms with van der Waals surface area (Å²) in [6.45, 7) is 0. The van der Waals surface area contributed by atoms with Crippen molar-refractivity contribution in [3.8, 4) is 11.5 Å². The van der Waals surface area contributed by atoms with E-state index in [1.807, 2.05) is 0 Å². The molecule has 0 aliphatic heterocycles. The Morgan fingerprint density at radius 1 is 1.14 bits per heavy atom. The van der Waals surface area contributed by atoms with E-state index in [9.17, 15) is 9.50 Å². The molecule has 6 heteroatoms. The lowest BCUT2D eigenvalue weighted by Gasteiger charge is -2.16. The van der Waals surface area contributed by atoms with E-state index in [1.165, 1.54) is 20.3 Å². The van der Waals surface area contributed by atoms with Crippen molar-refractivity contribution in [3.63, 3.8) is 0 Å². The van der Waals surface area contributed by atoms with Crippen molar-refractivity contribution >= 4 is 23.2 Å². The Hall–Kier alpha value is -1.49. The number of hydrogen-bond donors (Lipinski definition) is 1. The van der Waals surface area contributed by atoms with Gasteiger partial charge < -0.3 is 14.6 Å². The van der Waals surface area contributed by atoms with Crippen molar-refractivity contribution in [2.45, 2.75) is 12.0 Å². The maximum Gasteiger partial charge on any atom is 0.157 e. The van der Waals surface area contributed by atoms with E-state index in [0.717, 1.165) is 0 Å². The molecule has 3 nitrogen and oxygen atoms in total. The predicted octanol–water partition coefficient (Wildman–Crippen LogP) is 4.32. The first-order chi connectivity index (χ1) is 10.5. The molecule has 2 rings (SSSR count). The molecule has 0 aromatic heterocycles. The molecule has 0 aliphatic carbocycles. The van der Waals surface area contributed by atoms with Crippen molar-refractivity contribution < 1.29 is 19.0 Å². The Labute approximate surface area is 138 Å². The molecule has 118 valence electrons. The van der Waals surface area contributed by atoms with Crippen LogP contribution in [-0.2, 0) is 6.42 Å². The molecule has 1 unspecified atom stereocenters. The standard InChI is InChI=1S/C16H15Cl2FO3/c1-21-13-8-14(22-2)11(16(18)20)7-10(13)6-9-4-3-5-12(17)15(9)19/h3-5,7-8,16,20H,6H2,1-2H3. The number of alkyl halides is 1. The highest BCUT2D eigenvalue weighted by atomic mass is 35.5. The lowest BCUT2D eigenvalue weighted by atomic mass is 10.0. The number of rotatable bonds is 5. The van der Waals surface area contributed by atoms with Crippen LogP contribution in [-0.4, -0.2) is 19.3 Å². The molecule has 22 heavy (non-hydrogen) atoms. The van der Waals surface area contributed by atoms with Gasteiger partial charge in [-0.15, -0.1) is 0 Å². The van der Waals surface area contributed by atoms with E-state index in [0.29, 0.717) is 28.2 Å². The summed E-state index contributed by atoms with van der Waals surface area (Å²) in [6.07, 6.45) is 0.246. The smallest absolute Gasteiger partial charge is 0.157 e. The molecule has 0 aliphatic rings. The Morgan fingerprint density at radius 2 is 1.82 bits per heavy atom. The van der Waals surface area contributed by atoms with Crippen LogP contribution < -0.4 is 9.47 Å². The summed E-state index contributed by atoms with van der Waals surface area (Å²) >= 11 is 11.5. The molecule has 0 spiro atoms. The topological polar surface area (TPSA) is 38.7 Å². The molecule has 1 N–H and O–H groups in total. The minimum absolute atomic E-state index is 0.0579. The van der Waals surface area contributed by atoms with Crippen molar-refractivity contribution in [2.75, 3.05) is 14.2 Å². The van der Waals surface area contributed by atoms with Gasteiger partial charge in [-0.05, 0) is 23.3 Å².